The molecule has 0 spiro atoms. The SMILES string of the molecule is NC(=O)c1ncc(NC(=O)C2CCOCC2)s1. The predicted molar refractivity (Wildman–Crippen MR) is 62.8 cm³/mol. The highest BCUT2D eigenvalue weighted by molar-refractivity contribution is 7.17. The first-order chi connectivity index (χ1) is 8.16. The van der Waals surface area contributed by atoms with Crippen LogP contribution in [-0.2, 0) is 9.53 Å². The lowest BCUT2D eigenvalue weighted by atomic mass is 10.00. The van der Waals surface area contributed by atoms with E-state index in [2.05, 4.69) is 10.3 Å². The van der Waals surface area contributed by atoms with E-state index in [9.17, 15) is 9.59 Å². The van der Waals surface area contributed by atoms with Gasteiger partial charge in [-0.25, -0.2) is 4.98 Å². The highest BCUT2D eigenvalue weighted by Crippen LogP contribution is 2.21. The minimum Gasteiger partial charge on any atom is -0.381 e. The average Bonchev–Trinajstić information content (AvgIpc) is 2.79. The highest BCUT2D eigenvalue weighted by atomic mass is 32.1. The molecule has 0 saturated carbocycles. The Hall–Kier alpha value is -1.47. The summed E-state index contributed by atoms with van der Waals surface area (Å²) in [6, 6.07) is 0. The Bertz CT molecular complexity index is 426. The number of anilines is 1. The third-order valence-corrected chi connectivity index (χ3v) is 3.48. The second-order valence-corrected chi connectivity index (χ2v) is 4.80. The summed E-state index contributed by atoms with van der Waals surface area (Å²) < 4.78 is 5.18. The Balaban J connectivity index is 1.94. The lowest BCUT2D eigenvalue weighted by Crippen LogP contribution is -2.28. The van der Waals surface area contributed by atoms with E-state index in [1.54, 1.807) is 0 Å². The maximum atomic E-state index is 11.8. The van der Waals surface area contributed by atoms with Crippen molar-refractivity contribution in [3.8, 4) is 0 Å². The van der Waals surface area contributed by atoms with Crippen LogP contribution in [0.5, 0.6) is 0 Å². The van der Waals surface area contributed by atoms with E-state index in [4.69, 9.17) is 10.5 Å². The van der Waals surface area contributed by atoms with E-state index in [1.165, 1.54) is 6.20 Å². The third kappa shape index (κ3) is 3.01. The topological polar surface area (TPSA) is 94.3 Å². The molecule has 1 fully saturated rings. The fourth-order valence-corrected chi connectivity index (χ4v) is 2.30. The Morgan fingerprint density at radius 2 is 2.18 bits per heavy atom. The van der Waals surface area contributed by atoms with Crippen LogP contribution in [0.2, 0.25) is 0 Å². The zero-order chi connectivity index (χ0) is 12.3. The van der Waals surface area contributed by atoms with Gasteiger partial charge in [-0.15, -0.1) is 0 Å². The first kappa shape index (κ1) is 12.0. The maximum Gasteiger partial charge on any atom is 0.277 e. The van der Waals surface area contributed by atoms with Crippen molar-refractivity contribution in [3.63, 3.8) is 0 Å². The van der Waals surface area contributed by atoms with Gasteiger partial charge in [0.15, 0.2) is 5.01 Å². The van der Waals surface area contributed by atoms with Crippen molar-refractivity contribution < 1.29 is 14.3 Å². The van der Waals surface area contributed by atoms with Gasteiger partial charge in [-0.05, 0) is 12.8 Å². The number of hydrogen-bond donors (Lipinski definition) is 2. The molecule has 1 aliphatic heterocycles. The minimum absolute atomic E-state index is 0.0251. The number of nitrogens with two attached hydrogens (primary N) is 1. The van der Waals surface area contributed by atoms with Gasteiger partial charge in [-0.2, -0.15) is 0 Å². The standard InChI is InChI=1S/C10H13N3O3S/c11-8(14)10-12-5-7(17-10)13-9(15)6-1-3-16-4-2-6/h5-6H,1-4H2,(H2,11,14)(H,13,15). The fraction of sp³-hybridized carbons (Fsp3) is 0.500. The van der Waals surface area contributed by atoms with Crippen LogP contribution in [0, 0.1) is 5.92 Å². The summed E-state index contributed by atoms with van der Waals surface area (Å²) in [5.74, 6) is -0.655. The van der Waals surface area contributed by atoms with Gasteiger partial charge in [0.2, 0.25) is 5.91 Å². The number of nitrogens with one attached hydrogen (secondary N) is 1. The van der Waals surface area contributed by atoms with E-state index in [0.717, 1.165) is 24.2 Å². The van der Waals surface area contributed by atoms with Gasteiger partial charge in [0.1, 0.15) is 5.00 Å². The molecule has 0 unspecified atom stereocenters. The van der Waals surface area contributed by atoms with Crippen LogP contribution in [0.15, 0.2) is 6.20 Å². The number of rotatable bonds is 3. The van der Waals surface area contributed by atoms with Crippen molar-refractivity contribution in [2.75, 3.05) is 18.5 Å². The molecule has 2 rings (SSSR count). The molecule has 0 bridgehead atoms. The summed E-state index contributed by atoms with van der Waals surface area (Å²) in [6.07, 6.45) is 2.91. The van der Waals surface area contributed by atoms with Crippen molar-refractivity contribution in [3.05, 3.63) is 11.2 Å². The number of aromatic nitrogens is 1. The van der Waals surface area contributed by atoms with E-state index in [1.807, 2.05) is 0 Å². The van der Waals surface area contributed by atoms with Crippen LogP contribution in [0.1, 0.15) is 22.6 Å². The Morgan fingerprint density at radius 3 is 2.76 bits per heavy atom. The number of amides is 2. The van der Waals surface area contributed by atoms with Crippen LogP contribution in [0.4, 0.5) is 5.00 Å². The maximum absolute atomic E-state index is 11.8. The first-order valence-corrected chi connectivity index (χ1v) is 6.12. The number of thiazole rings is 1. The van der Waals surface area contributed by atoms with Gasteiger partial charge >= 0.3 is 0 Å². The zero-order valence-electron chi connectivity index (χ0n) is 9.14. The van der Waals surface area contributed by atoms with Gasteiger partial charge in [0.25, 0.3) is 5.91 Å². The van der Waals surface area contributed by atoms with Gasteiger partial charge in [-0.3, -0.25) is 9.59 Å². The normalized spacial score (nSPS) is 16.7. The Kier molecular flexibility index (Phi) is 3.70. The summed E-state index contributed by atoms with van der Waals surface area (Å²) >= 11 is 1.08. The molecule has 17 heavy (non-hydrogen) atoms. The summed E-state index contributed by atoms with van der Waals surface area (Å²) in [5, 5.41) is 3.49. The second kappa shape index (κ2) is 5.24. The van der Waals surface area contributed by atoms with Crippen LogP contribution >= 0.6 is 11.3 Å². The molecular weight excluding hydrogens is 242 g/mol. The molecular formula is C10H13N3O3S. The molecule has 0 aliphatic carbocycles. The lowest BCUT2D eigenvalue weighted by Gasteiger charge is -2.20. The quantitative estimate of drug-likeness (QED) is 0.827. The van der Waals surface area contributed by atoms with Crippen LogP contribution in [-0.4, -0.2) is 30.0 Å². The summed E-state index contributed by atoms with van der Waals surface area (Å²) in [5.41, 5.74) is 5.08. The van der Waals surface area contributed by atoms with Gasteiger partial charge in [-0.1, -0.05) is 11.3 Å². The number of hydrogen-bond acceptors (Lipinski definition) is 5. The summed E-state index contributed by atoms with van der Waals surface area (Å²) in [6.45, 7) is 1.24. The van der Waals surface area contributed by atoms with E-state index < -0.39 is 5.91 Å². The van der Waals surface area contributed by atoms with E-state index in [0.29, 0.717) is 18.2 Å². The average molecular weight is 255 g/mol. The third-order valence-electron chi connectivity index (χ3n) is 2.55. The molecule has 1 aromatic heterocycles. The number of nitrogens with zero attached hydrogens (tertiary/aromatic N) is 1. The molecule has 3 N–H and O–H groups in total. The molecule has 2 amide bonds. The van der Waals surface area contributed by atoms with Crippen molar-refractivity contribution in [2.45, 2.75) is 12.8 Å². The van der Waals surface area contributed by atoms with Crippen LogP contribution in [0.3, 0.4) is 0 Å². The largest absolute Gasteiger partial charge is 0.381 e. The number of carbonyl (C=O) groups is 2. The zero-order valence-corrected chi connectivity index (χ0v) is 9.96. The van der Waals surface area contributed by atoms with Crippen molar-refractivity contribution in [1.82, 2.24) is 4.98 Å². The highest BCUT2D eigenvalue weighted by Gasteiger charge is 2.22. The number of carbonyl (C=O) groups excluding carboxylic acids is 2. The number of primary amides is 1. The molecule has 7 heteroatoms. The molecule has 92 valence electrons. The Morgan fingerprint density at radius 1 is 1.47 bits per heavy atom. The van der Waals surface area contributed by atoms with Crippen molar-refractivity contribution in [2.24, 2.45) is 11.7 Å². The molecule has 0 radical (unpaired) electrons. The molecule has 1 aliphatic rings. The van der Waals surface area contributed by atoms with Crippen LogP contribution < -0.4 is 11.1 Å². The van der Waals surface area contributed by atoms with Gasteiger partial charge < -0.3 is 15.8 Å². The molecule has 0 atom stereocenters. The molecule has 1 saturated heterocycles. The van der Waals surface area contributed by atoms with E-state index in [-0.39, 0.29) is 16.8 Å². The first-order valence-electron chi connectivity index (χ1n) is 5.31. The summed E-state index contributed by atoms with van der Waals surface area (Å²) in [4.78, 5) is 26.5. The second-order valence-electron chi connectivity index (χ2n) is 3.77. The van der Waals surface area contributed by atoms with E-state index >= 15 is 0 Å². The predicted octanol–water partition coefficient (Wildman–Crippen LogP) is 0.607. The molecule has 2 heterocycles. The molecule has 1 aromatic rings. The summed E-state index contributed by atoms with van der Waals surface area (Å²) in [7, 11) is 0. The molecule has 6 nitrogen and oxygen atoms in total. The van der Waals surface area contributed by atoms with Crippen LogP contribution in [0.25, 0.3) is 0 Å². The van der Waals surface area contributed by atoms with Gasteiger partial charge in [0.05, 0.1) is 6.20 Å². The van der Waals surface area contributed by atoms with Gasteiger partial charge in [0, 0.05) is 19.1 Å². The Labute approximate surface area is 102 Å². The smallest absolute Gasteiger partial charge is 0.277 e. The minimum atomic E-state index is -0.582. The fourth-order valence-electron chi connectivity index (χ4n) is 1.63. The van der Waals surface area contributed by atoms with Crippen molar-refractivity contribution >= 4 is 28.2 Å². The molecule has 0 aromatic carbocycles. The lowest BCUT2D eigenvalue weighted by molar-refractivity contribution is -0.122. The van der Waals surface area contributed by atoms with Crippen molar-refractivity contribution in [1.29, 1.82) is 0 Å². The number of ether oxygens (including phenoxy) is 1. The monoisotopic (exact) mass is 255 g/mol.